The van der Waals surface area contributed by atoms with Gasteiger partial charge in [-0.1, -0.05) is 60.9 Å². The van der Waals surface area contributed by atoms with Crippen LogP contribution in [-0.4, -0.2) is 44.4 Å². The Morgan fingerprint density at radius 2 is 1.75 bits per heavy atom. The molecule has 3 aromatic carbocycles. The fourth-order valence-electron chi connectivity index (χ4n) is 4.37. The Kier molecular flexibility index (Phi) is 8.02. The van der Waals surface area contributed by atoms with Gasteiger partial charge in [-0.05, 0) is 52.7 Å². The van der Waals surface area contributed by atoms with Gasteiger partial charge in [-0.15, -0.1) is 10.2 Å². The predicted octanol–water partition coefficient (Wildman–Crippen LogP) is 7.13. The number of nitrogens with one attached hydrogen (secondary N) is 1. The minimum Gasteiger partial charge on any atom is -0.495 e. The second-order valence-corrected chi connectivity index (χ2v) is 11.1. The van der Waals surface area contributed by atoms with Gasteiger partial charge in [0.2, 0.25) is 5.82 Å². The molecule has 0 bridgehead atoms. The first-order valence-corrected chi connectivity index (χ1v) is 13.9. The average Bonchev–Trinajstić information content (AvgIpc) is 3.64. The van der Waals surface area contributed by atoms with Gasteiger partial charge in [0.05, 0.1) is 41.8 Å². The van der Waals surface area contributed by atoms with Crippen molar-refractivity contribution in [1.29, 1.82) is 0 Å². The first-order chi connectivity index (χ1) is 19.2. The Balaban J connectivity index is 1.57. The maximum absolute atomic E-state index is 14.4. The van der Waals surface area contributed by atoms with Crippen molar-refractivity contribution < 1.29 is 13.9 Å². The monoisotopic (exact) mass is 598 g/mol. The quantitative estimate of drug-likeness (QED) is 0.180. The number of methoxy groups -OCH3 is 2. The lowest BCUT2D eigenvalue weighted by Crippen LogP contribution is -2.23. The van der Waals surface area contributed by atoms with E-state index in [4.69, 9.17) is 37.7 Å². The van der Waals surface area contributed by atoms with Crippen LogP contribution in [0.2, 0.25) is 10.0 Å². The molecule has 5 aromatic rings. The molecule has 2 heterocycles. The molecule has 0 amide bonds. The molecule has 0 aliphatic rings. The van der Waals surface area contributed by atoms with Gasteiger partial charge in [0.1, 0.15) is 5.75 Å². The molecule has 5 rings (SSSR count). The molecule has 0 atom stereocenters. The number of nitrogens with zero attached hydrogens (tertiary/aromatic N) is 5. The average molecular weight is 600 g/mol. The molecule has 0 unspecified atom stereocenters. The van der Waals surface area contributed by atoms with Crippen molar-refractivity contribution in [3.05, 3.63) is 93.5 Å². The molecule has 40 heavy (non-hydrogen) atoms. The highest BCUT2D eigenvalue weighted by Crippen LogP contribution is 2.40. The lowest BCUT2D eigenvalue weighted by atomic mass is 9.81. The number of benzene rings is 3. The molecule has 12 heteroatoms. The zero-order valence-electron chi connectivity index (χ0n) is 22.1. The van der Waals surface area contributed by atoms with Gasteiger partial charge < -0.3 is 9.47 Å². The van der Waals surface area contributed by atoms with E-state index < -0.39 is 11.2 Å². The Labute approximate surface area is 244 Å². The summed E-state index contributed by atoms with van der Waals surface area (Å²) in [6.45, 7) is 4.18. The van der Waals surface area contributed by atoms with E-state index in [9.17, 15) is 4.39 Å². The van der Waals surface area contributed by atoms with E-state index in [1.54, 1.807) is 19.2 Å². The van der Waals surface area contributed by atoms with Gasteiger partial charge in [-0.3, -0.25) is 4.57 Å². The molecule has 8 nitrogen and oxygen atoms in total. The second kappa shape index (κ2) is 11.5. The van der Waals surface area contributed by atoms with Gasteiger partial charge in [0, 0.05) is 22.8 Å². The Morgan fingerprint density at radius 3 is 2.48 bits per heavy atom. The van der Waals surface area contributed by atoms with Crippen molar-refractivity contribution in [2.45, 2.75) is 30.2 Å². The van der Waals surface area contributed by atoms with Crippen LogP contribution in [0, 0.1) is 5.82 Å². The molecule has 0 radical (unpaired) electrons. The third-order valence-electron chi connectivity index (χ3n) is 6.62. The number of hydrogen-bond acceptors (Lipinski definition) is 7. The van der Waals surface area contributed by atoms with Gasteiger partial charge >= 0.3 is 0 Å². The first-order valence-electron chi connectivity index (χ1n) is 12.1. The SMILES string of the molecule is COc1cc(-n2c(C(C)(C)c3ccc(Cl)c(OC)c3)cnc2SCc2ccc(Cl)c(-c3nn[nH]n3)c2)ccc1F. The summed E-state index contributed by atoms with van der Waals surface area (Å²) in [5, 5.41) is 15.9. The highest BCUT2D eigenvalue weighted by atomic mass is 35.5. The van der Waals surface area contributed by atoms with Crippen LogP contribution in [0.25, 0.3) is 17.1 Å². The number of halogens is 3. The fraction of sp³-hybridized carbons (Fsp3) is 0.214. The van der Waals surface area contributed by atoms with Gasteiger partial charge in [-0.2, -0.15) is 5.21 Å². The van der Waals surface area contributed by atoms with Gasteiger partial charge in [0.25, 0.3) is 0 Å². The first kappa shape index (κ1) is 27.9. The lowest BCUT2D eigenvalue weighted by Gasteiger charge is -2.28. The molecule has 0 fully saturated rings. The maximum atomic E-state index is 14.4. The molecular formula is C28H25Cl2FN6O2S. The van der Waals surface area contributed by atoms with Crippen molar-refractivity contribution in [3.8, 4) is 28.6 Å². The Hall–Kier alpha value is -3.60. The molecule has 0 aliphatic carbocycles. The molecular weight excluding hydrogens is 574 g/mol. The van der Waals surface area contributed by atoms with E-state index in [1.807, 2.05) is 47.2 Å². The van der Waals surface area contributed by atoms with Crippen molar-refractivity contribution in [2.24, 2.45) is 0 Å². The normalized spacial score (nSPS) is 11.6. The number of thioether (sulfide) groups is 1. The summed E-state index contributed by atoms with van der Waals surface area (Å²) in [6, 6.07) is 16.2. The molecule has 1 N–H and O–H groups in total. The fourth-order valence-corrected chi connectivity index (χ4v) is 5.70. The topological polar surface area (TPSA) is 90.7 Å². The van der Waals surface area contributed by atoms with Crippen molar-refractivity contribution in [1.82, 2.24) is 30.2 Å². The number of ether oxygens (including phenoxy) is 2. The summed E-state index contributed by atoms with van der Waals surface area (Å²) in [5.41, 5.74) is 3.71. The highest BCUT2D eigenvalue weighted by Gasteiger charge is 2.30. The third kappa shape index (κ3) is 5.39. The highest BCUT2D eigenvalue weighted by molar-refractivity contribution is 7.98. The largest absolute Gasteiger partial charge is 0.495 e. The van der Waals surface area contributed by atoms with Crippen LogP contribution in [-0.2, 0) is 11.2 Å². The zero-order chi connectivity index (χ0) is 28.4. The zero-order valence-corrected chi connectivity index (χ0v) is 24.4. The third-order valence-corrected chi connectivity index (χ3v) is 8.29. The van der Waals surface area contributed by atoms with E-state index in [1.165, 1.54) is 24.9 Å². The molecule has 0 saturated heterocycles. The smallest absolute Gasteiger partial charge is 0.206 e. The Bertz CT molecular complexity index is 1660. The summed E-state index contributed by atoms with van der Waals surface area (Å²) in [6.07, 6.45) is 1.84. The number of aromatic amines is 1. The molecule has 2 aromatic heterocycles. The molecule has 0 spiro atoms. The Morgan fingerprint density at radius 1 is 0.975 bits per heavy atom. The van der Waals surface area contributed by atoms with Crippen LogP contribution in [0.4, 0.5) is 4.39 Å². The van der Waals surface area contributed by atoms with E-state index in [0.29, 0.717) is 43.8 Å². The van der Waals surface area contributed by atoms with Crippen molar-refractivity contribution in [3.63, 3.8) is 0 Å². The van der Waals surface area contributed by atoms with E-state index in [0.717, 1.165) is 16.8 Å². The number of aromatic nitrogens is 6. The van der Waals surface area contributed by atoms with Crippen LogP contribution in [0.15, 0.2) is 66.0 Å². The number of tetrazole rings is 1. The lowest BCUT2D eigenvalue weighted by molar-refractivity contribution is 0.386. The number of rotatable bonds is 9. The van der Waals surface area contributed by atoms with E-state index >= 15 is 0 Å². The van der Waals surface area contributed by atoms with Crippen LogP contribution < -0.4 is 9.47 Å². The van der Waals surface area contributed by atoms with Crippen LogP contribution in [0.5, 0.6) is 11.5 Å². The molecule has 206 valence electrons. The van der Waals surface area contributed by atoms with Crippen molar-refractivity contribution in [2.75, 3.05) is 14.2 Å². The minimum absolute atomic E-state index is 0.140. The number of H-pyrrole nitrogens is 1. The molecule has 0 saturated carbocycles. The summed E-state index contributed by atoms with van der Waals surface area (Å²) in [4.78, 5) is 4.80. The van der Waals surface area contributed by atoms with E-state index in [2.05, 4.69) is 34.5 Å². The predicted molar refractivity (Wildman–Crippen MR) is 154 cm³/mol. The van der Waals surface area contributed by atoms with Crippen LogP contribution in [0.3, 0.4) is 0 Å². The maximum Gasteiger partial charge on any atom is 0.206 e. The van der Waals surface area contributed by atoms with Crippen LogP contribution in [0.1, 0.15) is 30.7 Å². The number of hydrogen-bond donors (Lipinski definition) is 1. The van der Waals surface area contributed by atoms with E-state index in [-0.39, 0.29) is 5.75 Å². The summed E-state index contributed by atoms with van der Waals surface area (Å²) in [5.74, 6) is 1.27. The van der Waals surface area contributed by atoms with Crippen LogP contribution >= 0.6 is 35.0 Å². The summed E-state index contributed by atoms with van der Waals surface area (Å²) in [7, 11) is 3.03. The molecule has 0 aliphatic heterocycles. The minimum atomic E-state index is -0.530. The van der Waals surface area contributed by atoms with Gasteiger partial charge in [-0.25, -0.2) is 9.37 Å². The standard InChI is InChI=1S/C28H25Cl2FN6O2S/c1-28(2,17-6-9-21(30)23(12-17)38-3)25-14-32-27(37(25)18-7-10-22(31)24(13-18)39-4)40-15-16-5-8-20(29)19(11-16)26-33-35-36-34-26/h5-14H,15H2,1-4H3,(H,33,34,35,36). The summed E-state index contributed by atoms with van der Waals surface area (Å²) >= 11 is 14.2. The second-order valence-electron chi connectivity index (χ2n) is 9.39. The number of imidazole rings is 1. The van der Waals surface area contributed by atoms with Crippen molar-refractivity contribution >= 4 is 35.0 Å². The summed E-state index contributed by atoms with van der Waals surface area (Å²) < 4.78 is 27.2. The van der Waals surface area contributed by atoms with Gasteiger partial charge in [0.15, 0.2) is 16.7 Å².